The highest BCUT2D eigenvalue weighted by atomic mass is 35.5. The van der Waals surface area contributed by atoms with Crippen LogP contribution in [0.1, 0.15) is 25.9 Å². The van der Waals surface area contributed by atoms with Crippen molar-refractivity contribution >= 4 is 45.6 Å². The third-order valence-corrected chi connectivity index (χ3v) is 4.92. The fourth-order valence-electron chi connectivity index (χ4n) is 2.32. The second-order valence-electron chi connectivity index (χ2n) is 5.45. The normalized spacial score (nSPS) is 11.3. The van der Waals surface area contributed by atoms with Crippen LogP contribution in [0.5, 0.6) is 5.75 Å². The molecule has 0 aliphatic heterocycles. The number of aryl methyl sites for hydroxylation is 1. The van der Waals surface area contributed by atoms with Gasteiger partial charge in [0.25, 0.3) is 5.91 Å². The number of methoxy groups -OCH3 is 1. The molecule has 1 heterocycles. The summed E-state index contributed by atoms with van der Waals surface area (Å²) in [6, 6.07) is 14.9. The van der Waals surface area contributed by atoms with Crippen molar-refractivity contribution in [3.8, 4) is 5.75 Å². The van der Waals surface area contributed by atoms with Crippen LogP contribution < -0.4 is 10.1 Å². The van der Waals surface area contributed by atoms with Crippen LogP contribution in [-0.2, 0) is 0 Å². The molecule has 0 saturated heterocycles. The first-order chi connectivity index (χ1) is 12.6. The Morgan fingerprint density at radius 2 is 1.88 bits per heavy atom. The highest BCUT2D eigenvalue weighted by molar-refractivity contribution is 7.15. The van der Waals surface area contributed by atoms with Crippen LogP contribution >= 0.6 is 22.9 Å². The summed E-state index contributed by atoms with van der Waals surface area (Å²) in [5.41, 5.74) is 2.62. The second-order valence-corrected chi connectivity index (χ2v) is 6.84. The maximum atomic E-state index is 12.2. The van der Waals surface area contributed by atoms with Crippen molar-refractivity contribution in [1.29, 1.82) is 0 Å². The van der Waals surface area contributed by atoms with Crippen molar-refractivity contribution in [2.75, 3.05) is 12.4 Å². The monoisotopic (exact) mass is 385 g/mol. The molecule has 5 nitrogen and oxygen atoms in total. The van der Waals surface area contributed by atoms with Crippen LogP contribution in [0, 0.1) is 6.92 Å². The number of nitrogens with one attached hydrogen (secondary N) is 1. The number of aromatic nitrogens is 2. The lowest BCUT2D eigenvalue weighted by Crippen LogP contribution is -2.11. The summed E-state index contributed by atoms with van der Waals surface area (Å²) in [6.07, 6.45) is 1.79. The van der Waals surface area contributed by atoms with Crippen molar-refractivity contribution in [1.82, 2.24) is 10.2 Å². The van der Waals surface area contributed by atoms with Crippen LogP contribution in [0.15, 0.2) is 48.5 Å². The van der Waals surface area contributed by atoms with E-state index in [0.717, 1.165) is 28.2 Å². The number of hydrogen-bond acceptors (Lipinski definition) is 5. The molecule has 0 unspecified atom stereocenters. The Balaban J connectivity index is 1.76. The minimum absolute atomic E-state index is 0.251. The van der Waals surface area contributed by atoms with E-state index in [1.54, 1.807) is 25.3 Å². The first-order valence-corrected chi connectivity index (χ1v) is 8.98. The molecule has 2 aromatic carbocycles. The average molecular weight is 386 g/mol. The molecule has 1 aromatic heterocycles. The van der Waals surface area contributed by atoms with Gasteiger partial charge in [-0.05, 0) is 48.4 Å². The average Bonchev–Trinajstić information content (AvgIpc) is 3.13. The van der Waals surface area contributed by atoms with Gasteiger partial charge < -0.3 is 10.1 Å². The molecule has 1 amide bonds. The van der Waals surface area contributed by atoms with E-state index in [9.17, 15) is 4.79 Å². The standard InChI is InChI=1S/C19H16ClN3O2S/c1-12-10-13(8-9-16(12)25-2)11-15(20)18-22-23-19(26-18)17(24)21-14-6-4-3-5-7-14/h3-11H,1-2H3,(H,21,24)/b15-11-. The molecular weight excluding hydrogens is 370 g/mol. The molecule has 7 heteroatoms. The number of benzene rings is 2. The maximum absolute atomic E-state index is 12.2. The number of para-hydroxylation sites is 1. The number of hydrogen-bond donors (Lipinski definition) is 1. The van der Waals surface area contributed by atoms with Gasteiger partial charge in [-0.3, -0.25) is 4.79 Å². The van der Waals surface area contributed by atoms with Crippen LogP contribution in [0.25, 0.3) is 11.1 Å². The van der Waals surface area contributed by atoms with Gasteiger partial charge >= 0.3 is 0 Å². The molecule has 0 aliphatic carbocycles. The summed E-state index contributed by atoms with van der Waals surface area (Å²) < 4.78 is 5.25. The largest absolute Gasteiger partial charge is 0.496 e. The lowest BCUT2D eigenvalue weighted by molar-refractivity contribution is 0.102. The maximum Gasteiger partial charge on any atom is 0.286 e. The number of rotatable bonds is 5. The smallest absolute Gasteiger partial charge is 0.286 e. The molecule has 26 heavy (non-hydrogen) atoms. The Hall–Kier alpha value is -2.70. The first kappa shape index (κ1) is 18.1. The Bertz CT molecular complexity index is 954. The summed E-state index contributed by atoms with van der Waals surface area (Å²) in [6.45, 7) is 1.96. The van der Waals surface area contributed by atoms with E-state index in [1.807, 2.05) is 43.3 Å². The molecule has 0 radical (unpaired) electrons. The Kier molecular flexibility index (Phi) is 5.65. The molecule has 0 atom stereocenters. The fourth-order valence-corrected chi connectivity index (χ4v) is 3.24. The summed E-state index contributed by atoms with van der Waals surface area (Å²) in [5, 5.41) is 11.9. The molecule has 0 spiro atoms. The minimum Gasteiger partial charge on any atom is -0.496 e. The van der Waals surface area contributed by atoms with Gasteiger partial charge in [0, 0.05) is 5.69 Å². The molecule has 1 N–H and O–H groups in total. The van der Waals surface area contributed by atoms with Crippen molar-refractivity contribution < 1.29 is 9.53 Å². The van der Waals surface area contributed by atoms with E-state index in [2.05, 4.69) is 15.5 Å². The van der Waals surface area contributed by atoms with Gasteiger partial charge in [0.15, 0.2) is 5.01 Å². The lowest BCUT2D eigenvalue weighted by atomic mass is 10.1. The molecule has 0 aliphatic rings. The van der Waals surface area contributed by atoms with Crippen LogP contribution in [-0.4, -0.2) is 23.2 Å². The SMILES string of the molecule is COc1ccc(/C=C(\Cl)c2nnc(C(=O)Nc3ccccc3)s2)cc1C. The molecule has 132 valence electrons. The van der Waals surface area contributed by atoms with E-state index < -0.39 is 0 Å². The molecule has 3 rings (SSSR count). The van der Waals surface area contributed by atoms with E-state index >= 15 is 0 Å². The Morgan fingerprint density at radius 1 is 1.15 bits per heavy atom. The molecule has 0 bridgehead atoms. The highest BCUT2D eigenvalue weighted by Gasteiger charge is 2.15. The number of halogens is 1. The molecular formula is C19H16ClN3O2S. The molecule has 0 saturated carbocycles. The zero-order valence-corrected chi connectivity index (χ0v) is 15.8. The minimum atomic E-state index is -0.315. The van der Waals surface area contributed by atoms with Gasteiger partial charge in [0.05, 0.1) is 12.1 Å². The number of anilines is 1. The van der Waals surface area contributed by atoms with Gasteiger partial charge in [-0.25, -0.2) is 0 Å². The van der Waals surface area contributed by atoms with Crippen molar-refractivity contribution in [2.45, 2.75) is 6.92 Å². The Labute approximate surface area is 160 Å². The summed E-state index contributed by atoms with van der Waals surface area (Å²) in [7, 11) is 1.63. The number of carbonyl (C=O) groups excluding carboxylic acids is 1. The molecule has 0 fully saturated rings. The van der Waals surface area contributed by atoms with Gasteiger partial charge in [-0.15, -0.1) is 10.2 Å². The Morgan fingerprint density at radius 3 is 2.58 bits per heavy atom. The number of nitrogens with zero attached hydrogens (tertiary/aromatic N) is 2. The second kappa shape index (κ2) is 8.12. The van der Waals surface area contributed by atoms with Gasteiger partial charge in [0.2, 0.25) is 5.01 Å². The third-order valence-electron chi connectivity index (χ3n) is 3.57. The number of ether oxygens (including phenoxy) is 1. The van der Waals surface area contributed by atoms with Crippen molar-refractivity contribution in [3.63, 3.8) is 0 Å². The zero-order valence-electron chi connectivity index (χ0n) is 14.2. The van der Waals surface area contributed by atoms with Crippen molar-refractivity contribution in [3.05, 3.63) is 69.7 Å². The predicted octanol–water partition coefficient (Wildman–Crippen LogP) is 4.84. The molecule has 3 aromatic rings. The van der Waals surface area contributed by atoms with E-state index in [-0.39, 0.29) is 10.9 Å². The van der Waals surface area contributed by atoms with Crippen LogP contribution in [0.2, 0.25) is 0 Å². The highest BCUT2D eigenvalue weighted by Crippen LogP contribution is 2.27. The van der Waals surface area contributed by atoms with Gasteiger partial charge in [-0.2, -0.15) is 0 Å². The van der Waals surface area contributed by atoms with E-state index in [0.29, 0.717) is 15.7 Å². The number of amides is 1. The third kappa shape index (κ3) is 4.28. The predicted molar refractivity (Wildman–Crippen MR) is 106 cm³/mol. The van der Waals surface area contributed by atoms with E-state index in [1.165, 1.54) is 0 Å². The lowest BCUT2D eigenvalue weighted by Gasteiger charge is -2.05. The quantitative estimate of drug-likeness (QED) is 0.682. The topological polar surface area (TPSA) is 64.1 Å². The van der Waals surface area contributed by atoms with Gasteiger partial charge in [-0.1, -0.05) is 47.2 Å². The summed E-state index contributed by atoms with van der Waals surface area (Å²) in [5.74, 6) is 0.499. The fraction of sp³-hybridized carbons (Fsp3) is 0.105. The summed E-state index contributed by atoms with van der Waals surface area (Å²) in [4.78, 5) is 12.2. The van der Waals surface area contributed by atoms with E-state index in [4.69, 9.17) is 16.3 Å². The zero-order chi connectivity index (χ0) is 18.5. The number of carbonyl (C=O) groups is 1. The van der Waals surface area contributed by atoms with Crippen molar-refractivity contribution in [2.24, 2.45) is 0 Å². The van der Waals surface area contributed by atoms with Crippen LogP contribution in [0.3, 0.4) is 0 Å². The van der Waals surface area contributed by atoms with Crippen LogP contribution in [0.4, 0.5) is 5.69 Å². The van der Waals surface area contributed by atoms with Gasteiger partial charge in [0.1, 0.15) is 5.75 Å². The summed E-state index contributed by atoms with van der Waals surface area (Å²) >= 11 is 7.49. The first-order valence-electron chi connectivity index (χ1n) is 7.79.